The van der Waals surface area contributed by atoms with E-state index in [1.807, 2.05) is 61.5 Å². The maximum Gasteiger partial charge on any atom is 0.237 e. The number of aliphatic hydroxyl groups excluding tert-OH is 1. The first kappa shape index (κ1) is 17.1. The van der Waals surface area contributed by atoms with Crippen LogP contribution in [-0.2, 0) is 4.79 Å². The topological polar surface area (TPSA) is 49.3 Å². The van der Waals surface area contributed by atoms with Crippen molar-refractivity contribution in [3.63, 3.8) is 0 Å². The molecule has 0 aliphatic heterocycles. The second-order valence-electron chi connectivity index (χ2n) is 4.87. The average Bonchev–Trinajstić information content (AvgIpc) is 2.55. The first-order valence-corrected chi connectivity index (χ1v) is 8.82. The second-order valence-corrected chi connectivity index (χ2v) is 7.10. The van der Waals surface area contributed by atoms with Gasteiger partial charge in [-0.05, 0) is 40.5 Å². The Kier molecular flexibility index (Phi) is 6.49. The van der Waals surface area contributed by atoms with E-state index in [0.717, 1.165) is 15.7 Å². The van der Waals surface area contributed by atoms with Crippen molar-refractivity contribution in [2.75, 3.05) is 11.1 Å². The van der Waals surface area contributed by atoms with Crippen LogP contribution in [0.2, 0.25) is 0 Å². The van der Waals surface area contributed by atoms with E-state index in [0.29, 0.717) is 5.75 Å². The minimum atomic E-state index is -0.565. The van der Waals surface area contributed by atoms with E-state index in [4.69, 9.17) is 0 Å². The number of aliphatic hydroxyl groups is 1. The summed E-state index contributed by atoms with van der Waals surface area (Å²) in [6, 6.07) is 17.0. The van der Waals surface area contributed by atoms with Gasteiger partial charge in [0.25, 0.3) is 0 Å². The highest BCUT2D eigenvalue weighted by Gasteiger charge is 2.17. The number of hydrogen-bond donors (Lipinski definition) is 2. The molecule has 2 unspecified atom stereocenters. The predicted molar refractivity (Wildman–Crippen MR) is 96.1 cm³/mol. The molecule has 2 aromatic rings. The Morgan fingerprint density at radius 1 is 1.18 bits per heavy atom. The van der Waals surface area contributed by atoms with Crippen LogP contribution in [0.4, 0.5) is 5.69 Å². The fraction of sp³-hybridized carbons (Fsp3) is 0.235. The summed E-state index contributed by atoms with van der Waals surface area (Å²) in [6.07, 6.45) is -0.565. The van der Waals surface area contributed by atoms with Crippen LogP contribution in [0.15, 0.2) is 59.1 Å². The summed E-state index contributed by atoms with van der Waals surface area (Å²) in [7, 11) is 0. The van der Waals surface area contributed by atoms with Gasteiger partial charge in [-0.2, -0.15) is 0 Å². The summed E-state index contributed by atoms with van der Waals surface area (Å²) in [5.74, 6) is 0.409. The van der Waals surface area contributed by atoms with Gasteiger partial charge < -0.3 is 10.4 Å². The van der Waals surface area contributed by atoms with Crippen molar-refractivity contribution in [1.29, 1.82) is 0 Å². The Hall–Kier alpha value is -1.30. The number of carbonyl (C=O) groups excluding carboxylic acids is 1. The minimum Gasteiger partial charge on any atom is -0.388 e. The Bertz CT molecular complexity index is 621. The third-order valence-electron chi connectivity index (χ3n) is 3.19. The van der Waals surface area contributed by atoms with Crippen LogP contribution in [0, 0.1) is 0 Å². The molecule has 3 nitrogen and oxygen atoms in total. The van der Waals surface area contributed by atoms with Gasteiger partial charge in [0.05, 0.1) is 17.0 Å². The van der Waals surface area contributed by atoms with Gasteiger partial charge in [-0.1, -0.05) is 42.5 Å². The lowest BCUT2D eigenvalue weighted by molar-refractivity contribution is -0.115. The number of hydrogen-bond acceptors (Lipinski definition) is 3. The van der Waals surface area contributed by atoms with Gasteiger partial charge in [0.1, 0.15) is 0 Å². The number of amides is 1. The van der Waals surface area contributed by atoms with Crippen LogP contribution >= 0.6 is 27.7 Å². The lowest BCUT2D eigenvalue weighted by Gasteiger charge is -2.15. The maximum absolute atomic E-state index is 12.2. The molecule has 0 spiro atoms. The molecule has 0 bridgehead atoms. The van der Waals surface area contributed by atoms with E-state index in [2.05, 4.69) is 21.2 Å². The predicted octanol–water partition coefficient (Wildman–Crippen LogP) is 4.24. The van der Waals surface area contributed by atoms with Crippen molar-refractivity contribution in [1.82, 2.24) is 0 Å². The van der Waals surface area contributed by atoms with E-state index >= 15 is 0 Å². The van der Waals surface area contributed by atoms with E-state index in [9.17, 15) is 9.90 Å². The van der Waals surface area contributed by atoms with E-state index in [1.54, 1.807) is 0 Å². The number of anilines is 1. The average molecular weight is 380 g/mol. The number of halogens is 1. The fourth-order valence-corrected chi connectivity index (χ4v) is 3.14. The van der Waals surface area contributed by atoms with E-state index in [1.165, 1.54) is 11.8 Å². The molecular weight excluding hydrogens is 362 g/mol. The van der Waals surface area contributed by atoms with Crippen LogP contribution in [0.3, 0.4) is 0 Å². The number of nitrogens with one attached hydrogen (secondary N) is 1. The molecule has 5 heteroatoms. The van der Waals surface area contributed by atoms with Gasteiger partial charge in [0.15, 0.2) is 0 Å². The highest BCUT2D eigenvalue weighted by Crippen LogP contribution is 2.24. The lowest BCUT2D eigenvalue weighted by atomic mass is 10.1. The third-order valence-corrected chi connectivity index (χ3v) is 5.10. The molecule has 0 aliphatic rings. The molecule has 1 amide bonds. The summed E-state index contributed by atoms with van der Waals surface area (Å²) < 4.78 is 0.852. The molecule has 0 saturated carbocycles. The molecule has 0 aromatic heterocycles. The van der Waals surface area contributed by atoms with Crippen LogP contribution in [0.5, 0.6) is 0 Å². The molecule has 2 N–H and O–H groups in total. The number of benzene rings is 2. The van der Waals surface area contributed by atoms with E-state index in [-0.39, 0.29) is 11.2 Å². The zero-order chi connectivity index (χ0) is 15.9. The van der Waals surface area contributed by atoms with Gasteiger partial charge in [0, 0.05) is 10.2 Å². The highest BCUT2D eigenvalue weighted by molar-refractivity contribution is 9.10. The molecule has 0 saturated heterocycles. The first-order chi connectivity index (χ1) is 10.6. The zero-order valence-corrected chi connectivity index (χ0v) is 14.6. The quantitative estimate of drug-likeness (QED) is 0.788. The van der Waals surface area contributed by atoms with Crippen molar-refractivity contribution in [2.24, 2.45) is 0 Å². The van der Waals surface area contributed by atoms with Crippen molar-refractivity contribution in [2.45, 2.75) is 18.3 Å². The van der Waals surface area contributed by atoms with Crippen LogP contribution in [-0.4, -0.2) is 22.0 Å². The number of para-hydroxylation sites is 1. The van der Waals surface area contributed by atoms with Crippen molar-refractivity contribution in [3.8, 4) is 0 Å². The minimum absolute atomic E-state index is 0.0721. The van der Waals surface area contributed by atoms with Gasteiger partial charge in [-0.25, -0.2) is 0 Å². The van der Waals surface area contributed by atoms with E-state index < -0.39 is 6.10 Å². The van der Waals surface area contributed by atoms with Crippen LogP contribution in [0.25, 0.3) is 0 Å². The highest BCUT2D eigenvalue weighted by atomic mass is 79.9. The SMILES string of the molecule is CC(SCC(O)c1ccccc1)C(=O)Nc1ccccc1Br. The summed E-state index contributed by atoms with van der Waals surface area (Å²) >= 11 is 4.84. The monoisotopic (exact) mass is 379 g/mol. The first-order valence-electron chi connectivity index (χ1n) is 6.98. The van der Waals surface area contributed by atoms with Crippen LogP contribution < -0.4 is 5.32 Å². The van der Waals surface area contributed by atoms with Crippen molar-refractivity contribution >= 4 is 39.3 Å². The molecule has 0 aliphatic carbocycles. The molecule has 116 valence electrons. The Labute approximate surface area is 143 Å². The van der Waals surface area contributed by atoms with Gasteiger partial charge >= 0.3 is 0 Å². The summed E-state index contributed by atoms with van der Waals surface area (Å²) in [5, 5.41) is 12.8. The smallest absolute Gasteiger partial charge is 0.237 e. The van der Waals surface area contributed by atoms with Crippen molar-refractivity contribution < 1.29 is 9.90 Å². The maximum atomic E-state index is 12.2. The second kappa shape index (κ2) is 8.36. The molecule has 0 heterocycles. The zero-order valence-electron chi connectivity index (χ0n) is 12.2. The van der Waals surface area contributed by atoms with Gasteiger partial charge in [-0.3, -0.25) is 4.79 Å². The molecule has 0 radical (unpaired) electrons. The molecule has 2 rings (SSSR count). The Balaban J connectivity index is 1.85. The largest absolute Gasteiger partial charge is 0.388 e. The molecule has 2 aromatic carbocycles. The summed E-state index contributed by atoms with van der Waals surface area (Å²) in [5.41, 5.74) is 1.62. The number of rotatable bonds is 6. The standard InChI is InChI=1S/C17H18BrNO2S/c1-12(17(21)19-15-10-6-5-9-14(15)18)22-11-16(20)13-7-3-2-4-8-13/h2-10,12,16,20H,11H2,1H3,(H,19,21). The molecule has 0 fully saturated rings. The lowest BCUT2D eigenvalue weighted by Crippen LogP contribution is -2.23. The number of carbonyl (C=O) groups is 1. The van der Waals surface area contributed by atoms with Crippen molar-refractivity contribution in [3.05, 3.63) is 64.6 Å². The third kappa shape index (κ3) is 4.87. The molecule has 2 atom stereocenters. The Morgan fingerprint density at radius 3 is 2.50 bits per heavy atom. The summed E-state index contributed by atoms with van der Waals surface area (Å²) in [4.78, 5) is 12.2. The normalized spacial score (nSPS) is 13.4. The van der Waals surface area contributed by atoms with Gasteiger partial charge in [0.2, 0.25) is 5.91 Å². The van der Waals surface area contributed by atoms with Gasteiger partial charge in [-0.15, -0.1) is 11.8 Å². The number of thioether (sulfide) groups is 1. The van der Waals surface area contributed by atoms with Crippen LogP contribution in [0.1, 0.15) is 18.6 Å². The molecule has 22 heavy (non-hydrogen) atoms. The fourth-order valence-electron chi connectivity index (χ4n) is 1.88. The Morgan fingerprint density at radius 2 is 1.82 bits per heavy atom. The molecular formula is C17H18BrNO2S. The summed E-state index contributed by atoms with van der Waals surface area (Å²) in [6.45, 7) is 1.84.